The second kappa shape index (κ2) is 12.6. The number of amides is 2. The van der Waals surface area contributed by atoms with E-state index >= 15 is 4.79 Å². The van der Waals surface area contributed by atoms with E-state index < -0.39 is 17.7 Å². The van der Waals surface area contributed by atoms with Crippen molar-refractivity contribution in [3.05, 3.63) is 98.7 Å². The number of aromatic nitrogens is 5. The highest BCUT2D eigenvalue weighted by Gasteiger charge is 2.59. The normalized spacial score (nSPS) is 23.9. The summed E-state index contributed by atoms with van der Waals surface area (Å²) in [6, 6.07) is 10.9. The number of nitrogens with zero attached hydrogens (tertiary/aromatic N) is 5. The van der Waals surface area contributed by atoms with Crippen LogP contribution in [-0.4, -0.2) is 71.0 Å². The van der Waals surface area contributed by atoms with Gasteiger partial charge in [-0.1, -0.05) is 13.0 Å². The molecule has 5 aromatic rings. The van der Waals surface area contributed by atoms with Gasteiger partial charge in [-0.05, 0) is 106 Å². The predicted octanol–water partition coefficient (Wildman–Crippen LogP) is 6.08. The van der Waals surface area contributed by atoms with Gasteiger partial charge in [0.05, 0.1) is 23.5 Å². The van der Waals surface area contributed by atoms with Crippen molar-refractivity contribution in [2.75, 3.05) is 13.2 Å². The number of H-pyrrole nitrogens is 1. The van der Waals surface area contributed by atoms with Crippen LogP contribution in [-0.2, 0) is 16.7 Å². The SMILES string of the molecule is Cc1cc(-n2nc3c(c2-n2cc[nH]c2=O)[C@H](C)N(C(=O)c2cc4cc([C@H]5CCO[C@@H](C)C5)ccc4n2[C@@]2(C(=N)NC(=O)O)C[C@@H]2C)CC3)cc(C)c1F. The fraction of sp³-hybridized carbons (Fsp3) is 0.410. The van der Waals surface area contributed by atoms with Crippen molar-refractivity contribution in [2.24, 2.45) is 5.92 Å². The van der Waals surface area contributed by atoms with Gasteiger partial charge in [0.1, 0.15) is 28.7 Å². The molecule has 2 aliphatic heterocycles. The molecule has 8 rings (SSSR count). The van der Waals surface area contributed by atoms with E-state index in [0.29, 0.717) is 65.8 Å². The first-order valence-electron chi connectivity index (χ1n) is 18.1. The van der Waals surface area contributed by atoms with Gasteiger partial charge in [0.2, 0.25) is 0 Å². The van der Waals surface area contributed by atoms with Crippen LogP contribution in [0.3, 0.4) is 0 Å². The Hall–Kier alpha value is -5.50. The number of hydrogen-bond donors (Lipinski definition) is 4. The lowest BCUT2D eigenvalue weighted by atomic mass is 9.88. The largest absolute Gasteiger partial charge is 0.465 e. The third-order valence-corrected chi connectivity index (χ3v) is 11.6. The molecule has 4 N–H and O–H groups in total. The second-order valence-electron chi connectivity index (χ2n) is 15.0. The Balaban J connectivity index is 1.26. The van der Waals surface area contributed by atoms with Gasteiger partial charge < -0.3 is 24.3 Å². The van der Waals surface area contributed by atoms with Gasteiger partial charge in [0.25, 0.3) is 5.91 Å². The summed E-state index contributed by atoms with van der Waals surface area (Å²) in [4.78, 5) is 44.5. The van der Waals surface area contributed by atoms with E-state index in [2.05, 4.69) is 29.4 Å². The number of hydrogen-bond acceptors (Lipinski definition) is 6. The highest BCUT2D eigenvalue weighted by atomic mass is 19.1. The van der Waals surface area contributed by atoms with Crippen LogP contribution in [0.1, 0.15) is 90.4 Å². The summed E-state index contributed by atoms with van der Waals surface area (Å²) < 4.78 is 25.5. The molecule has 5 heterocycles. The first-order valence-corrected chi connectivity index (χ1v) is 18.1. The van der Waals surface area contributed by atoms with Gasteiger partial charge >= 0.3 is 11.8 Å². The number of amidine groups is 1. The third kappa shape index (κ3) is 5.49. The monoisotopic (exact) mass is 722 g/mol. The van der Waals surface area contributed by atoms with Crippen LogP contribution >= 0.6 is 0 Å². The first-order chi connectivity index (χ1) is 25.3. The van der Waals surface area contributed by atoms with Crippen molar-refractivity contribution < 1.29 is 23.8 Å². The summed E-state index contributed by atoms with van der Waals surface area (Å²) in [6.45, 7) is 10.3. The minimum atomic E-state index is -1.33. The zero-order chi connectivity index (χ0) is 37.5. The average Bonchev–Trinajstić information content (AvgIpc) is 3.43. The summed E-state index contributed by atoms with van der Waals surface area (Å²) in [7, 11) is 0. The number of fused-ring (bicyclic) bond motifs is 2. The Labute approximate surface area is 304 Å². The molecule has 2 aromatic carbocycles. The molecule has 276 valence electrons. The molecule has 1 saturated heterocycles. The minimum Gasteiger partial charge on any atom is -0.465 e. The molecule has 2 amide bonds. The average molecular weight is 723 g/mol. The molecule has 14 heteroatoms. The number of ether oxygens (including phenoxy) is 1. The maximum absolute atomic E-state index is 15.1. The summed E-state index contributed by atoms with van der Waals surface area (Å²) in [5.74, 6) is -0.130. The highest BCUT2D eigenvalue weighted by Crippen LogP contribution is 2.53. The highest BCUT2D eigenvalue weighted by molar-refractivity contribution is 6.05. The molecular weight excluding hydrogens is 679 g/mol. The zero-order valence-electron chi connectivity index (χ0n) is 30.4. The van der Waals surface area contributed by atoms with Crippen molar-refractivity contribution >= 4 is 28.7 Å². The lowest BCUT2D eigenvalue weighted by molar-refractivity contribution is 0.0186. The van der Waals surface area contributed by atoms with Gasteiger partial charge in [-0.15, -0.1) is 0 Å². The number of aromatic amines is 1. The zero-order valence-corrected chi connectivity index (χ0v) is 30.4. The van der Waals surface area contributed by atoms with Crippen LogP contribution in [0, 0.1) is 31.0 Å². The fourth-order valence-corrected chi connectivity index (χ4v) is 8.79. The second-order valence-corrected chi connectivity index (χ2v) is 15.0. The molecule has 0 spiro atoms. The number of aryl methyl sites for hydroxylation is 2. The minimum absolute atomic E-state index is 0.113. The Morgan fingerprint density at radius 1 is 1.13 bits per heavy atom. The first kappa shape index (κ1) is 34.6. The van der Waals surface area contributed by atoms with E-state index in [1.807, 2.05) is 30.5 Å². The number of halogens is 1. The van der Waals surface area contributed by atoms with E-state index in [9.17, 15) is 19.1 Å². The Kier molecular flexibility index (Phi) is 8.20. The van der Waals surface area contributed by atoms with Gasteiger partial charge in [0, 0.05) is 48.4 Å². The van der Waals surface area contributed by atoms with Crippen molar-refractivity contribution in [3.8, 4) is 11.5 Å². The number of carboxylic acid groups (broad SMARTS) is 1. The molecule has 3 aromatic heterocycles. The molecule has 3 aliphatic rings. The molecule has 2 fully saturated rings. The molecule has 0 bridgehead atoms. The van der Waals surface area contributed by atoms with Crippen LogP contribution in [0.4, 0.5) is 9.18 Å². The van der Waals surface area contributed by atoms with Crippen LogP contribution in [0.2, 0.25) is 0 Å². The quantitative estimate of drug-likeness (QED) is 0.123. The molecule has 5 atom stereocenters. The van der Waals surface area contributed by atoms with Crippen LogP contribution in [0.5, 0.6) is 0 Å². The molecular formula is C39H43FN8O5. The van der Waals surface area contributed by atoms with Crippen LogP contribution < -0.4 is 11.0 Å². The summed E-state index contributed by atoms with van der Waals surface area (Å²) in [5, 5.41) is 26.7. The van der Waals surface area contributed by atoms with E-state index in [-0.39, 0.29) is 35.3 Å². The van der Waals surface area contributed by atoms with Crippen molar-refractivity contribution in [1.82, 2.24) is 34.1 Å². The molecule has 0 unspecified atom stereocenters. The van der Waals surface area contributed by atoms with Crippen molar-refractivity contribution in [2.45, 2.75) is 83.9 Å². The molecule has 53 heavy (non-hydrogen) atoms. The molecule has 0 radical (unpaired) electrons. The summed E-state index contributed by atoms with van der Waals surface area (Å²) in [5.41, 5.74) is 3.70. The topological polar surface area (TPSA) is 163 Å². The van der Waals surface area contributed by atoms with Gasteiger partial charge in [-0.25, -0.2) is 18.7 Å². The lowest BCUT2D eigenvalue weighted by Crippen LogP contribution is -2.45. The van der Waals surface area contributed by atoms with E-state index in [1.54, 1.807) is 41.8 Å². The molecule has 1 saturated carbocycles. The van der Waals surface area contributed by atoms with E-state index in [4.69, 9.17) is 15.2 Å². The maximum atomic E-state index is 15.1. The van der Waals surface area contributed by atoms with Crippen LogP contribution in [0.15, 0.2) is 53.6 Å². The predicted molar refractivity (Wildman–Crippen MR) is 196 cm³/mol. The number of imidazole rings is 1. The lowest BCUT2D eigenvalue weighted by Gasteiger charge is -2.34. The number of nitrogens with one attached hydrogen (secondary N) is 3. The van der Waals surface area contributed by atoms with E-state index in [0.717, 1.165) is 35.0 Å². The van der Waals surface area contributed by atoms with Crippen LogP contribution in [0.25, 0.3) is 22.4 Å². The van der Waals surface area contributed by atoms with Gasteiger partial charge in [0.15, 0.2) is 0 Å². The Morgan fingerprint density at radius 2 is 1.87 bits per heavy atom. The third-order valence-electron chi connectivity index (χ3n) is 11.6. The van der Waals surface area contributed by atoms with E-state index in [1.165, 1.54) is 10.8 Å². The van der Waals surface area contributed by atoms with Crippen molar-refractivity contribution in [3.63, 3.8) is 0 Å². The Bertz CT molecular complexity index is 2360. The Morgan fingerprint density at radius 3 is 2.51 bits per heavy atom. The van der Waals surface area contributed by atoms with Gasteiger partial charge in [-0.2, -0.15) is 5.10 Å². The standard InChI is InChI=1S/C39H43FN8O5/c1-20-14-28(15-21(2)33(20)40)48-34(46-12-10-42-37(46)50)32-24(5)45(11-8-29(32)44-48)35(49)31-18-27-17-25(26-9-13-53-23(4)16-26)6-7-30(27)47(31)39(19-22(39)3)36(41)43-38(51)52/h6-7,10,12,14-15,17-18,22-24,26H,8-9,11,13,16,19H2,1-5H3,(H2,41,43)(H,42,50)(H,51,52)/t22-,23-,24-,26-,39-/m0/s1. The van der Waals surface area contributed by atoms with Crippen molar-refractivity contribution in [1.29, 1.82) is 5.41 Å². The molecule has 13 nitrogen and oxygen atoms in total. The summed E-state index contributed by atoms with van der Waals surface area (Å²) >= 11 is 0. The maximum Gasteiger partial charge on any atom is 0.410 e. The summed E-state index contributed by atoms with van der Waals surface area (Å²) in [6.07, 6.45) is 4.62. The smallest absolute Gasteiger partial charge is 0.410 e. The number of carbonyl (C=O) groups is 2. The number of benzene rings is 2. The number of rotatable bonds is 6. The number of carbonyl (C=O) groups excluding carboxylic acids is 1. The fourth-order valence-electron chi connectivity index (χ4n) is 8.79. The van der Waals surface area contributed by atoms with Gasteiger partial charge in [-0.3, -0.25) is 20.1 Å². The molecule has 1 aliphatic carbocycles.